The number of alkyl carbamates (subject to hydrolysis) is 1. The molecule has 0 bridgehead atoms. The van der Waals surface area contributed by atoms with Gasteiger partial charge >= 0.3 is 6.09 Å². The first-order valence-corrected chi connectivity index (χ1v) is 16.2. The summed E-state index contributed by atoms with van der Waals surface area (Å²) in [6, 6.07) is -1.66. The minimum absolute atomic E-state index is 0.296. The smallest absolute Gasteiger partial charge is 0.408 e. The summed E-state index contributed by atoms with van der Waals surface area (Å²) in [7, 11) is -3.79. The van der Waals surface area contributed by atoms with Crippen molar-refractivity contribution in [3.05, 3.63) is 12.2 Å². The lowest BCUT2D eigenvalue weighted by Gasteiger charge is -2.30. The zero-order valence-corrected chi connectivity index (χ0v) is 24.7. The van der Waals surface area contributed by atoms with Crippen LogP contribution in [-0.2, 0) is 29.1 Å². The lowest BCUT2D eigenvalue weighted by Crippen LogP contribution is -2.58. The number of hydrogen-bond acceptors (Lipinski definition) is 7. The topological polar surface area (TPSA) is 151 Å². The number of hydrogen-bond donors (Lipinski definition) is 3. The van der Waals surface area contributed by atoms with Crippen LogP contribution >= 0.6 is 0 Å². The summed E-state index contributed by atoms with van der Waals surface area (Å²) in [4.78, 5) is 54.7. The average molecular weight is 581 g/mol. The predicted molar refractivity (Wildman–Crippen MR) is 148 cm³/mol. The minimum atomic E-state index is -3.79. The number of sulfonamides is 1. The quantitative estimate of drug-likeness (QED) is 0.433. The first-order chi connectivity index (χ1) is 18.8. The van der Waals surface area contributed by atoms with Gasteiger partial charge in [-0.3, -0.25) is 19.1 Å². The summed E-state index contributed by atoms with van der Waals surface area (Å²) in [5.41, 5.74) is -2.09. The van der Waals surface area contributed by atoms with E-state index in [9.17, 15) is 27.6 Å². The van der Waals surface area contributed by atoms with E-state index in [2.05, 4.69) is 15.4 Å². The van der Waals surface area contributed by atoms with E-state index in [0.717, 1.165) is 38.5 Å². The van der Waals surface area contributed by atoms with Crippen LogP contribution in [0, 0.1) is 5.92 Å². The molecule has 4 atom stereocenters. The van der Waals surface area contributed by atoms with Gasteiger partial charge in [0.2, 0.25) is 21.8 Å². The van der Waals surface area contributed by atoms with Crippen LogP contribution in [0.25, 0.3) is 0 Å². The Hall–Kier alpha value is -2.63. The number of amides is 4. The number of allylic oxidation sites excluding steroid dienone is 1. The summed E-state index contributed by atoms with van der Waals surface area (Å²) >= 11 is 0. The molecule has 0 aromatic heterocycles. The largest absolute Gasteiger partial charge is 0.444 e. The van der Waals surface area contributed by atoms with Crippen molar-refractivity contribution < 1.29 is 32.3 Å². The number of fused-ring (bicyclic) bond motifs is 2. The summed E-state index contributed by atoms with van der Waals surface area (Å²) in [6.07, 6.45) is 11.4. The molecule has 4 rings (SSSR count). The molecule has 2 saturated carbocycles. The molecule has 0 aromatic carbocycles. The molecule has 2 aliphatic carbocycles. The fourth-order valence-electron chi connectivity index (χ4n) is 5.58. The van der Waals surface area contributed by atoms with Crippen LogP contribution in [0.3, 0.4) is 0 Å². The van der Waals surface area contributed by atoms with E-state index >= 15 is 0 Å². The van der Waals surface area contributed by atoms with Gasteiger partial charge in [0.05, 0.1) is 5.25 Å². The molecule has 1 unspecified atom stereocenters. The van der Waals surface area contributed by atoms with Gasteiger partial charge < -0.3 is 20.3 Å². The number of nitrogens with one attached hydrogen (secondary N) is 3. The molecule has 3 N–H and O–H groups in total. The van der Waals surface area contributed by atoms with Crippen LogP contribution in [-0.4, -0.2) is 72.2 Å². The molecular formula is C28H44N4O7S. The van der Waals surface area contributed by atoms with Crippen LogP contribution in [0.4, 0.5) is 4.79 Å². The third-order valence-corrected chi connectivity index (χ3v) is 9.84. The van der Waals surface area contributed by atoms with Crippen molar-refractivity contribution >= 4 is 33.8 Å². The maximum atomic E-state index is 13.7. The predicted octanol–water partition coefficient (Wildman–Crippen LogP) is 2.65. The second kappa shape index (κ2) is 12.1. The van der Waals surface area contributed by atoms with Gasteiger partial charge in [0.1, 0.15) is 23.2 Å². The van der Waals surface area contributed by atoms with Gasteiger partial charge in [0.25, 0.3) is 5.91 Å². The standard InChI is InChI=1S/C28H44N4O7S/c1-27(2,3)39-26(36)29-21-13-10-8-6-4-5-7-9-12-19-18-28(19,25(35)31-40(37,38)20-15-16-20)30-23(33)22-14-11-17-32(22)24(21)34/h9,12,19-22H,4-8,10-11,13-18H2,1-3H3,(H,29,36)(H,30,33)(H,31,35)/b12-9-/t19-,21?,22-,28+/m0/s1. The molecule has 4 amide bonds. The van der Waals surface area contributed by atoms with Crippen molar-refractivity contribution in [3.8, 4) is 0 Å². The molecule has 12 heteroatoms. The monoisotopic (exact) mass is 580 g/mol. The van der Waals surface area contributed by atoms with Crippen molar-refractivity contribution in [3.63, 3.8) is 0 Å². The van der Waals surface area contributed by atoms with Gasteiger partial charge in [-0.2, -0.15) is 0 Å². The number of carbonyl (C=O) groups is 4. The summed E-state index contributed by atoms with van der Waals surface area (Å²) < 4.78 is 32.7. The number of ether oxygens (including phenoxy) is 1. The fourth-order valence-corrected chi connectivity index (χ4v) is 6.94. The van der Waals surface area contributed by atoms with Crippen LogP contribution < -0.4 is 15.4 Å². The maximum absolute atomic E-state index is 13.7. The van der Waals surface area contributed by atoms with Crippen LogP contribution in [0.1, 0.15) is 97.8 Å². The average Bonchev–Trinajstić information content (AvgIpc) is 3.77. The Bertz CT molecular complexity index is 1130. The van der Waals surface area contributed by atoms with Gasteiger partial charge in [0, 0.05) is 12.5 Å². The Kier molecular flexibility index (Phi) is 9.16. The van der Waals surface area contributed by atoms with E-state index in [1.54, 1.807) is 20.8 Å². The lowest BCUT2D eigenvalue weighted by atomic mass is 10.0. The van der Waals surface area contributed by atoms with Crippen molar-refractivity contribution in [2.45, 2.75) is 126 Å². The summed E-state index contributed by atoms with van der Waals surface area (Å²) in [5, 5.41) is 5.01. The lowest BCUT2D eigenvalue weighted by molar-refractivity contribution is -0.141. The van der Waals surface area contributed by atoms with Gasteiger partial charge in [0.15, 0.2) is 0 Å². The Labute approximate surface area is 237 Å². The van der Waals surface area contributed by atoms with Gasteiger partial charge in [-0.15, -0.1) is 0 Å². The Balaban J connectivity index is 1.54. The number of rotatable bonds is 4. The van der Waals surface area contributed by atoms with E-state index in [4.69, 9.17) is 4.74 Å². The molecule has 0 radical (unpaired) electrons. The maximum Gasteiger partial charge on any atom is 0.408 e. The number of carbonyl (C=O) groups excluding carboxylic acids is 4. The van der Waals surface area contributed by atoms with Crippen molar-refractivity contribution in [2.24, 2.45) is 5.92 Å². The third-order valence-electron chi connectivity index (χ3n) is 8.02. The second-order valence-electron chi connectivity index (χ2n) is 12.6. The number of nitrogens with zero attached hydrogens (tertiary/aromatic N) is 1. The molecule has 1 saturated heterocycles. The molecule has 3 fully saturated rings. The van der Waals surface area contributed by atoms with E-state index in [1.807, 2.05) is 12.2 Å². The molecule has 40 heavy (non-hydrogen) atoms. The van der Waals surface area contributed by atoms with Gasteiger partial charge in [-0.05, 0) is 72.1 Å². The Morgan fingerprint density at radius 1 is 1.02 bits per heavy atom. The Morgan fingerprint density at radius 3 is 2.42 bits per heavy atom. The SMILES string of the molecule is CC(C)(C)OC(=O)NC1CCCCCCC/C=C\[C@H]2C[C@@]2(C(=O)NS(=O)(=O)C2CC2)NC(=O)[C@@H]2CCCN2C1=O. The summed E-state index contributed by atoms with van der Waals surface area (Å²) in [5.74, 6) is -1.88. The van der Waals surface area contributed by atoms with E-state index in [1.165, 1.54) is 4.90 Å². The van der Waals surface area contributed by atoms with Gasteiger partial charge in [-0.1, -0.05) is 37.8 Å². The molecule has 2 heterocycles. The molecule has 0 spiro atoms. The summed E-state index contributed by atoms with van der Waals surface area (Å²) in [6.45, 7) is 5.60. The highest BCUT2D eigenvalue weighted by Gasteiger charge is 2.61. The molecular weight excluding hydrogens is 536 g/mol. The van der Waals surface area contributed by atoms with E-state index in [-0.39, 0.29) is 11.8 Å². The van der Waals surface area contributed by atoms with Crippen molar-refractivity contribution in [1.82, 2.24) is 20.3 Å². The Morgan fingerprint density at radius 2 is 1.73 bits per heavy atom. The first kappa shape index (κ1) is 30.3. The molecule has 2 aliphatic heterocycles. The molecule has 4 aliphatic rings. The minimum Gasteiger partial charge on any atom is -0.444 e. The molecule has 0 aromatic rings. The first-order valence-electron chi connectivity index (χ1n) is 14.7. The van der Waals surface area contributed by atoms with Crippen LogP contribution in [0.2, 0.25) is 0 Å². The van der Waals surface area contributed by atoms with E-state index < -0.39 is 56.4 Å². The molecule has 224 valence electrons. The molecule has 11 nitrogen and oxygen atoms in total. The van der Waals surface area contributed by atoms with E-state index in [0.29, 0.717) is 45.1 Å². The highest BCUT2D eigenvalue weighted by atomic mass is 32.2. The van der Waals surface area contributed by atoms with Crippen molar-refractivity contribution in [2.75, 3.05) is 6.54 Å². The highest BCUT2D eigenvalue weighted by Crippen LogP contribution is 2.46. The zero-order chi connectivity index (χ0) is 29.1. The second-order valence-corrected chi connectivity index (χ2v) is 14.6. The van der Waals surface area contributed by atoms with Crippen LogP contribution in [0.5, 0.6) is 0 Å². The van der Waals surface area contributed by atoms with Crippen LogP contribution in [0.15, 0.2) is 12.2 Å². The van der Waals surface area contributed by atoms with Crippen molar-refractivity contribution in [1.29, 1.82) is 0 Å². The third kappa shape index (κ3) is 7.55. The fraction of sp³-hybridized carbons (Fsp3) is 0.786. The normalized spacial score (nSPS) is 31.2. The highest BCUT2D eigenvalue weighted by molar-refractivity contribution is 7.91. The zero-order valence-electron chi connectivity index (χ0n) is 23.9. The van der Waals surface area contributed by atoms with Gasteiger partial charge in [-0.25, -0.2) is 13.2 Å².